The second kappa shape index (κ2) is 7.27. The van der Waals surface area contributed by atoms with Gasteiger partial charge in [0.15, 0.2) is 6.61 Å². The molecule has 0 aliphatic rings. The lowest BCUT2D eigenvalue weighted by Gasteiger charge is -2.12. The summed E-state index contributed by atoms with van der Waals surface area (Å²) in [4.78, 5) is 11.8. The second-order valence-electron chi connectivity index (χ2n) is 4.61. The lowest BCUT2D eigenvalue weighted by molar-refractivity contribution is -0.137. The van der Waals surface area contributed by atoms with Gasteiger partial charge in [-0.15, -0.1) is 0 Å². The van der Waals surface area contributed by atoms with Gasteiger partial charge in [-0.2, -0.15) is 13.2 Å². The molecular weight excluding hydrogens is 373 g/mol. The number of rotatable bonds is 4. The van der Waals surface area contributed by atoms with Gasteiger partial charge in [0.1, 0.15) is 11.6 Å². The summed E-state index contributed by atoms with van der Waals surface area (Å²) in [5.74, 6) is -1.26. The normalized spacial score (nSPS) is 11.2. The van der Waals surface area contributed by atoms with E-state index in [0.29, 0.717) is 0 Å². The summed E-state index contributed by atoms with van der Waals surface area (Å²) in [7, 11) is 0. The number of ether oxygens (including phenoxy) is 1. The third kappa shape index (κ3) is 4.75. The number of benzene rings is 2. The van der Waals surface area contributed by atoms with Crippen LogP contribution < -0.4 is 10.1 Å². The molecule has 2 aromatic carbocycles. The largest absolute Gasteiger partial charge is 0.484 e. The lowest BCUT2D eigenvalue weighted by atomic mass is 10.2. The van der Waals surface area contributed by atoms with Crippen molar-refractivity contribution in [3.63, 3.8) is 0 Å². The molecule has 2 aromatic rings. The van der Waals surface area contributed by atoms with Crippen molar-refractivity contribution in [2.24, 2.45) is 0 Å². The van der Waals surface area contributed by atoms with E-state index in [1.807, 2.05) is 0 Å². The molecule has 24 heavy (non-hydrogen) atoms. The molecule has 0 aliphatic heterocycles. The standard InChI is InChI=1S/C15H9Cl2F4NO2/c16-10-3-1-8(15(19,20)21)5-13(10)22-14(23)7-24-9-2-4-12(18)11(17)6-9/h1-6H,7H2,(H,22,23). The van der Waals surface area contributed by atoms with Gasteiger partial charge in [0.25, 0.3) is 5.91 Å². The zero-order valence-electron chi connectivity index (χ0n) is 11.8. The second-order valence-corrected chi connectivity index (χ2v) is 5.42. The van der Waals surface area contributed by atoms with E-state index in [2.05, 4.69) is 5.32 Å². The van der Waals surface area contributed by atoms with Crippen LogP contribution in [-0.2, 0) is 11.0 Å². The van der Waals surface area contributed by atoms with E-state index < -0.39 is 30.1 Å². The Balaban J connectivity index is 2.03. The molecule has 0 aromatic heterocycles. The van der Waals surface area contributed by atoms with Gasteiger partial charge in [0.2, 0.25) is 0 Å². The van der Waals surface area contributed by atoms with Crippen molar-refractivity contribution >= 4 is 34.8 Å². The number of amides is 1. The highest BCUT2D eigenvalue weighted by molar-refractivity contribution is 6.33. The van der Waals surface area contributed by atoms with Crippen LogP contribution in [0.15, 0.2) is 36.4 Å². The molecular formula is C15H9Cl2F4NO2. The summed E-state index contributed by atoms with van der Waals surface area (Å²) in [6, 6.07) is 6.02. The Morgan fingerprint density at radius 1 is 1.08 bits per heavy atom. The minimum Gasteiger partial charge on any atom is -0.484 e. The molecule has 0 aliphatic carbocycles. The molecule has 0 atom stereocenters. The molecule has 0 saturated heterocycles. The number of carbonyl (C=O) groups is 1. The monoisotopic (exact) mass is 381 g/mol. The number of halogens is 6. The highest BCUT2D eigenvalue weighted by Gasteiger charge is 2.31. The van der Waals surface area contributed by atoms with Gasteiger partial charge in [0, 0.05) is 6.07 Å². The molecule has 1 amide bonds. The minimum absolute atomic E-state index is 0.0545. The van der Waals surface area contributed by atoms with Crippen LogP contribution in [0.1, 0.15) is 5.56 Å². The fourth-order valence-electron chi connectivity index (χ4n) is 1.70. The predicted octanol–water partition coefficient (Wildman–Crippen LogP) is 5.17. The van der Waals surface area contributed by atoms with Crippen LogP contribution in [0.5, 0.6) is 5.75 Å². The SMILES string of the molecule is O=C(COc1ccc(F)c(Cl)c1)Nc1cc(C(F)(F)F)ccc1Cl. The van der Waals surface area contributed by atoms with Crippen LogP contribution in [0.25, 0.3) is 0 Å². The van der Waals surface area contributed by atoms with Crippen molar-refractivity contribution < 1.29 is 27.1 Å². The Hall–Kier alpha value is -1.99. The summed E-state index contributed by atoms with van der Waals surface area (Å²) in [5.41, 5.74) is -1.15. The molecule has 9 heteroatoms. The molecule has 2 rings (SSSR count). The van der Waals surface area contributed by atoms with Crippen molar-refractivity contribution in [3.05, 3.63) is 57.8 Å². The molecule has 1 N–H and O–H groups in total. The molecule has 0 heterocycles. The number of hydrogen-bond donors (Lipinski definition) is 1. The Labute approximate surface area is 144 Å². The minimum atomic E-state index is -4.56. The summed E-state index contributed by atoms with van der Waals surface area (Å²) < 4.78 is 56.0. The Morgan fingerprint density at radius 3 is 2.42 bits per heavy atom. The van der Waals surface area contributed by atoms with Gasteiger partial charge in [-0.05, 0) is 30.3 Å². The van der Waals surface area contributed by atoms with Gasteiger partial charge in [0.05, 0.1) is 21.3 Å². The van der Waals surface area contributed by atoms with E-state index in [1.165, 1.54) is 12.1 Å². The third-order valence-electron chi connectivity index (χ3n) is 2.83. The predicted molar refractivity (Wildman–Crippen MR) is 82.0 cm³/mol. The first-order valence-electron chi connectivity index (χ1n) is 6.41. The van der Waals surface area contributed by atoms with Crippen LogP contribution in [0.4, 0.5) is 23.2 Å². The maximum absolute atomic E-state index is 13.0. The van der Waals surface area contributed by atoms with Crippen molar-refractivity contribution in [2.75, 3.05) is 11.9 Å². The van der Waals surface area contributed by atoms with E-state index >= 15 is 0 Å². The third-order valence-corrected chi connectivity index (χ3v) is 3.45. The maximum atomic E-state index is 13.0. The number of hydrogen-bond acceptors (Lipinski definition) is 2. The summed E-state index contributed by atoms with van der Waals surface area (Å²) in [6.45, 7) is -0.519. The first-order valence-corrected chi connectivity index (χ1v) is 7.17. The number of nitrogens with one attached hydrogen (secondary N) is 1. The van der Waals surface area contributed by atoms with Crippen LogP contribution in [0.3, 0.4) is 0 Å². The lowest BCUT2D eigenvalue weighted by Crippen LogP contribution is -2.20. The quantitative estimate of drug-likeness (QED) is 0.742. The molecule has 0 bridgehead atoms. The van der Waals surface area contributed by atoms with E-state index in [0.717, 1.165) is 24.3 Å². The highest BCUT2D eigenvalue weighted by Crippen LogP contribution is 2.33. The first-order chi connectivity index (χ1) is 11.2. The fraction of sp³-hybridized carbons (Fsp3) is 0.133. The van der Waals surface area contributed by atoms with Crippen molar-refractivity contribution in [3.8, 4) is 5.75 Å². The number of alkyl halides is 3. The molecule has 0 unspecified atom stereocenters. The van der Waals surface area contributed by atoms with E-state index in [4.69, 9.17) is 27.9 Å². The maximum Gasteiger partial charge on any atom is 0.416 e. The van der Waals surface area contributed by atoms with Gasteiger partial charge in [-0.1, -0.05) is 23.2 Å². The average molecular weight is 382 g/mol. The number of anilines is 1. The van der Waals surface area contributed by atoms with Crippen LogP contribution >= 0.6 is 23.2 Å². The molecule has 0 fully saturated rings. The highest BCUT2D eigenvalue weighted by atomic mass is 35.5. The van der Waals surface area contributed by atoms with E-state index in [-0.39, 0.29) is 21.5 Å². The van der Waals surface area contributed by atoms with E-state index in [9.17, 15) is 22.4 Å². The topological polar surface area (TPSA) is 38.3 Å². The zero-order valence-corrected chi connectivity index (χ0v) is 13.3. The summed E-state index contributed by atoms with van der Waals surface area (Å²) >= 11 is 11.3. The number of carbonyl (C=O) groups excluding carboxylic acids is 1. The van der Waals surface area contributed by atoms with Gasteiger partial charge >= 0.3 is 6.18 Å². The molecule has 0 spiro atoms. The van der Waals surface area contributed by atoms with Gasteiger partial charge in [-0.3, -0.25) is 4.79 Å². The summed E-state index contributed by atoms with van der Waals surface area (Å²) in [6.07, 6.45) is -4.56. The van der Waals surface area contributed by atoms with Crippen molar-refractivity contribution in [2.45, 2.75) is 6.18 Å². The smallest absolute Gasteiger partial charge is 0.416 e. The Kier molecular flexibility index (Phi) is 5.56. The van der Waals surface area contributed by atoms with Crippen molar-refractivity contribution in [1.29, 1.82) is 0 Å². The first kappa shape index (κ1) is 18.4. The molecule has 128 valence electrons. The van der Waals surface area contributed by atoms with Gasteiger partial charge < -0.3 is 10.1 Å². The van der Waals surface area contributed by atoms with Crippen LogP contribution in [-0.4, -0.2) is 12.5 Å². The molecule has 0 radical (unpaired) electrons. The van der Waals surface area contributed by atoms with Crippen LogP contribution in [0, 0.1) is 5.82 Å². The molecule has 3 nitrogen and oxygen atoms in total. The molecule has 0 saturated carbocycles. The zero-order chi connectivity index (χ0) is 17.9. The Bertz CT molecular complexity index is 766. The van der Waals surface area contributed by atoms with E-state index in [1.54, 1.807) is 0 Å². The average Bonchev–Trinajstić information content (AvgIpc) is 2.49. The summed E-state index contributed by atoms with van der Waals surface area (Å²) in [5, 5.41) is 1.98. The van der Waals surface area contributed by atoms with Crippen molar-refractivity contribution in [1.82, 2.24) is 0 Å². The van der Waals surface area contributed by atoms with Gasteiger partial charge in [-0.25, -0.2) is 4.39 Å². The Morgan fingerprint density at radius 2 is 1.79 bits per heavy atom. The van der Waals surface area contributed by atoms with Crippen LogP contribution in [0.2, 0.25) is 10.0 Å². The fourth-order valence-corrected chi connectivity index (χ4v) is 2.03.